The van der Waals surface area contributed by atoms with Gasteiger partial charge in [-0.05, 0) is 49.9 Å². The zero-order chi connectivity index (χ0) is 19.4. The van der Waals surface area contributed by atoms with Crippen molar-refractivity contribution in [3.05, 3.63) is 75.2 Å². The van der Waals surface area contributed by atoms with Crippen molar-refractivity contribution in [1.29, 1.82) is 0 Å². The molecule has 2 heterocycles. The largest absolute Gasteiger partial charge is 0.452 e. The molecule has 0 saturated carbocycles. The van der Waals surface area contributed by atoms with Crippen molar-refractivity contribution in [3.63, 3.8) is 0 Å². The highest BCUT2D eigenvalue weighted by atomic mass is 32.1. The van der Waals surface area contributed by atoms with Gasteiger partial charge in [-0.3, -0.25) is 4.79 Å². The molecule has 5 nitrogen and oxygen atoms in total. The normalized spacial score (nSPS) is 10.6. The summed E-state index contributed by atoms with van der Waals surface area (Å²) in [5.41, 5.74) is 3.98. The Morgan fingerprint density at radius 2 is 1.89 bits per heavy atom. The Kier molecular flexibility index (Phi) is 5.76. The Labute approximate surface area is 162 Å². The topological polar surface area (TPSA) is 60.3 Å². The van der Waals surface area contributed by atoms with E-state index in [1.807, 2.05) is 62.5 Å². The second-order valence-electron chi connectivity index (χ2n) is 6.39. The molecule has 6 heteroatoms. The highest BCUT2D eigenvalue weighted by molar-refractivity contribution is 7.09. The predicted octanol–water partition coefficient (Wildman–Crippen LogP) is 4.32. The summed E-state index contributed by atoms with van der Waals surface area (Å²) in [6, 6.07) is 13.4. The molecule has 1 amide bonds. The van der Waals surface area contributed by atoms with Crippen LogP contribution in [0.4, 0.5) is 5.69 Å². The number of benzene rings is 1. The summed E-state index contributed by atoms with van der Waals surface area (Å²) in [7, 11) is 0. The van der Waals surface area contributed by atoms with E-state index in [1.165, 1.54) is 4.88 Å². The maximum atomic E-state index is 12.4. The van der Waals surface area contributed by atoms with Crippen LogP contribution in [0.2, 0.25) is 0 Å². The number of esters is 1. The molecule has 0 atom stereocenters. The van der Waals surface area contributed by atoms with Gasteiger partial charge in [0.2, 0.25) is 0 Å². The number of nitrogens with one attached hydrogen (secondary N) is 1. The van der Waals surface area contributed by atoms with Crippen molar-refractivity contribution in [3.8, 4) is 0 Å². The molecular weight excluding hydrogens is 360 g/mol. The minimum atomic E-state index is -0.486. The van der Waals surface area contributed by atoms with E-state index in [1.54, 1.807) is 11.3 Å². The molecule has 27 heavy (non-hydrogen) atoms. The van der Waals surface area contributed by atoms with Gasteiger partial charge in [-0.15, -0.1) is 11.3 Å². The van der Waals surface area contributed by atoms with Crippen LogP contribution in [0.1, 0.15) is 32.2 Å². The number of amides is 1. The fourth-order valence-corrected chi connectivity index (χ4v) is 3.61. The lowest BCUT2D eigenvalue weighted by molar-refractivity contribution is -0.119. The summed E-state index contributed by atoms with van der Waals surface area (Å²) >= 11 is 1.68. The number of nitrogens with zero attached hydrogens (tertiary/aromatic N) is 1. The number of thiophene rings is 1. The second-order valence-corrected chi connectivity index (χ2v) is 7.42. The first kappa shape index (κ1) is 18.9. The molecule has 0 aliphatic rings. The first-order valence-electron chi connectivity index (χ1n) is 8.67. The SMILES string of the molecule is Cc1ccccc1NC(=O)COC(=O)c1cc(C)n(Cc2cccs2)c1C. The molecule has 0 saturated heterocycles. The van der Waals surface area contributed by atoms with E-state index in [2.05, 4.69) is 16.0 Å². The van der Waals surface area contributed by atoms with Crippen molar-refractivity contribution < 1.29 is 14.3 Å². The van der Waals surface area contributed by atoms with Gasteiger partial charge in [0, 0.05) is 22.0 Å². The summed E-state index contributed by atoms with van der Waals surface area (Å²) in [5, 5.41) is 4.79. The predicted molar refractivity (Wildman–Crippen MR) is 107 cm³/mol. The zero-order valence-electron chi connectivity index (χ0n) is 15.6. The van der Waals surface area contributed by atoms with Crippen LogP contribution in [0.25, 0.3) is 0 Å². The third-order valence-electron chi connectivity index (χ3n) is 4.44. The smallest absolute Gasteiger partial charge is 0.340 e. The van der Waals surface area contributed by atoms with Gasteiger partial charge in [0.25, 0.3) is 5.91 Å². The van der Waals surface area contributed by atoms with Gasteiger partial charge >= 0.3 is 5.97 Å². The minimum Gasteiger partial charge on any atom is -0.452 e. The van der Waals surface area contributed by atoms with E-state index in [0.29, 0.717) is 11.3 Å². The Bertz CT molecular complexity index is 958. The van der Waals surface area contributed by atoms with E-state index in [-0.39, 0.29) is 12.5 Å². The molecule has 0 bridgehead atoms. The number of aryl methyl sites for hydroxylation is 2. The van der Waals surface area contributed by atoms with E-state index in [4.69, 9.17) is 4.74 Å². The number of aromatic nitrogens is 1. The molecule has 0 aliphatic heterocycles. The fourth-order valence-electron chi connectivity index (χ4n) is 2.92. The molecule has 140 valence electrons. The molecule has 1 aromatic carbocycles. The summed E-state index contributed by atoms with van der Waals surface area (Å²) in [6.07, 6.45) is 0. The maximum absolute atomic E-state index is 12.4. The molecule has 0 radical (unpaired) electrons. The number of hydrogen-bond donors (Lipinski definition) is 1. The van der Waals surface area contributed by atoms with Gasteiger partial charge in [0.05, 0.1) is 12.1 Å². The molecule has 1 N–H and O–H groups in total. The lowest BCUT2D eigenvalue weighted by Crippen LogP contribution is -2.21. The Morgan fingerprint density at radius 3 is 2.59 bits per heavy atom. The summed E-state index contributed by atoms with van der Waals surface area (Å²) in [4.78, 5) is 25.7. The third kappa shape index (κ3) is 4.46. The van der Waals surface area contributed by atoms with Crippen LogP contribution in [0, 0.1) is 20.8 Å². The van der Waals surface area contributed by atoms with Gasteiger partial charge < -0.3 is 14.6 Å². The van der Waals surface area contributed by atoms with E-state index in [9.17, 15) is 9.59 Å². The molecule has 3 aromatic rings. The molecular formula is C21H22N2O3S. The summed E-state index contributed by atoms with van der Waals surface area (Å²) in [5.74, 6) is -0.842. The minimum absolute atomic E-state index is 0.318. The van der Waals surface area contributed by atoms with Crippen molar-refractivity contribution >= 4 is 28.9 Å². The number of ether oxygens (including phenoxy) is 1. The van der Waals surface area contributed by atoms with Crippen LogP contribution >= 0.6 is 11.3 Å². The van der Waals surface area contributed by atoms with Crippen LogP contribution in [0.5, 0.6) is 0 Å². The quantitative estimate of drug-likeness (QED) is 0.646. The second kappa shape index (κ2) is 8.22. The first-order chi connectivity index (χ1) is 13.0. The Balaban J connectivity index is 1.63. The number of carbonyl (C=O) groups excluding carboxylic acids is 2. The average Bonchev–Trinajstić information content (AvgIpc) is 3.25. The Hall–Kier alpha value is -2.86. The zero-order valence-corrected chi connectivity index (χ0v) is 16.4. The summed E-state index contributed by atoms with van der Waals surface area (Å²) in [6.45, 7) is 6.16. The fraction of sp³-hybridized carbons (Fsp3) is 0.238. The van der Waals surface area contributed by atoms with Crippen molar-refractivity contribution in [2.24, 2.45) is 0 Å². The van der Waals surface area contributed by atoms with E-state index >= 15 is 0 Å². The number of carbonyl (C=O) groups is 2. The van der Waals surface area contributed by atoms with Crippen molar-refractivity contribution in [1.82, 2.24) is 4.57 Å². The molecule has 0 spiro atoms. The number of anilines is 1. The molecule has 2 aromatic heterocycles. The molecule has 0 aliphatic carbocycles. The van der Waals surface area contributed by atoms with E-state index < -0.39 is 5.97 Å². The van der Waals surface area contributed by atoms with Gasteiger partial charge in [0.15, 0.2) is 6.61 Å². The van der Waals surface area contributed by atoms with Gasteiger partial charge in [-0.25, -0.2) is 4.79 Å². The van der Waals surface area contributed by atoms with Crippen LogP contribution in [-0.2, 0) is 16.1 Å². The maximum Gasteiger partial charge on any atom is 0.340 e. The highest BCUT2D eigenvalue weighted by Gasteiger charge is 2.18. The number of para-hydroxylation sites is 1. The van der Waals surface area contributed by atoms with Crippen LogP contribution in [0.3, 0.4) is 0 Å². The lowest BCUT2D eigenvalue weighted by atomic mass is 10.2. The molecule has 0 fully saturated rings. The molecule has 0 unspecified atom stereocenters. The number of rotatable bonds is 6. The Morgan fingerprint density at radius 1 is 1.11 bits per heavy atom. The summed E-state index contributed by atoms with van der Waals surface area (Å²) < 4.78 is 7.30. The van der Waals surface area contributed by atoms with Crippen molar-refractivity contribution in [2.75, 3.05) is 11.9 Å². The van der Waals surface area contributed by atoms with Crippen LogP contribution in [-0.4, -0.2) is 23.1 Å². The highest BCUT2D eigenvalue weighted by Crippen LogP contribution is 2.20. The van der Waals surface area contributed by atoms with Crippen molar-refractivity contribution in [2.45, 2.75) is 27.3 Å². The van der Waals surface area contributed by atoms with Gasteiger partial charge in [-0.1, -0.05) is 24.3 Å². The lowest BCUT2D eigenvalue weighted by Gasteiger charge is -2.10. The van der Waals surface area contributed by atoms with Gasteiger partial charge in [0.1, 0.15) is 0 Å². The van der Waals surface area contributed by atoms with Gasteiger partial charge in [-0.2, -0.15) is 0 Å². The average molecular weight is 382 g/mol. The third-order valence-corrected chi connectivity index (χ3v) is 5.30. The van der Waals surface area contributed by atoms with Crippen LogP contribution < -0.4 is 5.32 Å². The number of hydrogen-bond acceptors (Lipinski definition) is 4. The van der Waals surface area contributed by atoms with E-state index in [0.717, 1.165) is 23.5 Å². The first-order valence-corrected chi connectivity index (χ1v) is 9.55. The molecule has 3 rings (SSSR count). The van der Waals surface area contributed by atoms with Crippen LogP contribution in [0.15, 0.2) is 47.8 Å². The monoisotopic (exact) mass is 382 g/mol. The standard InChI is InChI=1S/C21H22N2O3S/c1-14-7-4-5-9-19(14)22-20(24)13-26-21(25)18-11-15(2)23(16(18)3)12-17-8-6-10-27-17/h4-11H,12-13H2,1-3H3,(H,22,24).